The van der Waals surface area contributed by atoms with Gasteiger partial charge in [-0.1, -0.05) is 0 Å². The molecule has 4 nitrogen and oxygen atoms in total. The monoisotopic (exact) mass is 305 g/mol. The zero-order valence-corrected chi connectivity index (χ0v) is 11.2. The first-order chi connectivity index (χ1) is 9.87. The van der Waals surface area contributed by atoms with Crippen LogP contribution in [0, 0.1) is 5.82 Å². The van der Waals surface area contributed by atoms with E-state index in [4.69, 9.17) is 0 Å². The molecule has 0 atom stereocenters. The topological polar surface area (TPSA) is 36.4 Å². The van der Waals surface area contributed by atoms with Crippen LogP contribution in [-0.4, -0.2) is 48.1 Å². The molecule has 1 aromatic heterocycles. The van der Waals surface area contributed by atoms with Crippen molar-refractivity contribution in [1.29, 1.82) is 0 Å². The molecule has 116 valence electrons. The van der Waals surface area contributed by atoms with Crippen LogP contribution in [0.5, 0.6) is 0 Å². The van der Waals surface area contributed by atoms with E-state index in [1.165, 1.54) is 23.2 Å². The first-order valence-electron chi connectivity index (χ1n) is 6.57. The predicted molar refractivity (Wildman–Crippen MR) is 68.3 cm³/mol. The summed E-state index contributed by atoms with van der Waals surface area (Å²) in [5.41, 5.74) is 0. The number of anilines is 1. The summed E-state index contributed by atoms with van der Waals surface area (Å²) in [6.45, 7) is 1.25. The number of aromatic nitrogens is 1. The van der Waals surface area contributed by atoms with Crippen LogP contribution in [0.4, 0.5) is 23.4 Å². The fourth-order valence-corrected chi connectivity index (χ4v) is 2.18. The van der Waals surface area contributed by atoms with Crippen molar-refractivity contribution in [3.8, 4) is 0 Å². The van der Waals surface area contributed by atoms with Crippen molar-refractivity contribution < 1.29 is 22.4 Å². The van der Waals surface area contributed by atoms with Crippen molar-refractivity contribution in [2.75, 3.05) is 31.1 Å². The molecule has 1 fully saturated rings. The number of carbonyl (C=O) groups excluding carboxylic acids is 1. The largest absolute Gasteiger partial charge is 0.389 e. The average molecular weight is 305 g/mol. The van der Waals surface area contributed by atoms with Gasteiger partial charge < -0.3 is 9.80 Å². The highest BCUT2D eigenvalue weighted by molar-refractivity contribution is 5.76. The molecule has 0 radical (unpaired) electrons. The molecule has 2 heterocycles. The number of rotatable bonds is 3. The van der Waals surface area contributed by atoms with Crippen molar-refractivity contribution in [2.24, 2.45) is 0 Å². The number of piperazine rings is 1. The average Bonchev–Trinajstić information content (AvgIpc) is 2.45. The lowest BCUT2D eigenvalue weighted by Gasteiger charge is -2.35. The number of hydrogen-bond donors (Lipinski definition) is 0. The Labute approximate surface area is 119 Å². The molecule has 0 bridgehead atoms. The standard InChI is InChI=1S/C13H15F4N3O/c14-10-2-1-5-18-12(10)20-8-6-19(7-9-20)11(21)3-4-13(15,16)17/h1-2,5H,3-4,6-9H2. The first kappa shape index (κ1) is 15.5. The molecule has 0 saturated carbocycles. The number of halogens is 4. The highest BCUT2D eigenvalue weighted by Crippen LogP contribution is 2.22. The van der Waals surface area contributed by atoms with Gasteiger partial charge in [-0.05, 0) is 12.1 Å². The summed E-state index contributed by atoms with van der Waals surface area (Å²) in [4.78, 5) is 18.7. The summed E-state index contributed by atoms with van der Waals surface area (Å²) in [5, 5.41) is 0. The van der Waals surface area contributed by atoms with Gasteiger partial charge in [0.2, 0.25) is 5.91 Å². The molecule has 1 amide bonds. The number of carbonyl (C=O) groups is 1. The van der Waals surface area contributed by atoms with Gasteiger partial charge in [0.05, 0.1) is 6.42 Å². The van der Waals surface area contributed by atoms with E-state index in [1.54, 1.807) is 4.90 Å². The van der Waals surface area contributed by atoms with Crippen LogP contribution in [0.25, 0.3) is 0 Å². The molecule has 0 aromatic carbocycles. The SMILES string of the molecule is O=C(CCC(F)(F)F)N1CCN(c2ncccc2F)CC1. The Morgan fingerprint density at radius 3 is 2.48 bits per heavy atom. The third kappa shape index (κ3) is 4.30. The van der Waals surface area contributed by atoms with Gasteiger partial charge >= 0.3 is 6.18 Å². The normalized spacial score (nSPS) is 16.2. The van der Waals surface area contributed by atoms with Crippen LogP contribution in [0.15, 0.2) is 18.3 Å². The summed E-state index contributed by atoms with van der Waals surface area (Å²) in [7, 11) is 0. The Balaban J connectivity index is 1.86. The smallest absolute Gasteiger partial charge is 0.351 e. The third-order valence-corrected chi connectivity index (χ3v) is 3.29. The molecule has 0 N–H and O–H groups in total. The summed E-state index contributed by atoms with van der Waals surface area (Å²) in [6, 6.07) is 2.78. The highest BCUT2D eigenvalue weighted by atomic mass is 19.4. The second-order valence-corrected chi connectivity index (χ2v) is 4.79. The fourth-order valence-electron chi connectivity index (χ4n) is 2.18. The molecule has 1 aromatic rings. The lowest BCUT2D eigenvalue weighted by atomic mass is 10.2. The van der Waals surface area contributed by atoms with Gasteiger partial charge in [0.25, 0.3) is 0 Å². The van der Waals surface area contributed by atoms with Gasteiger partial charge in [-0.25, -0.2) is 9.37 Å². The van der Waals surface area contributed by atoms with Crippen molar-refractivity contribution in [3.63, 3.8) is 0 Å². The molecule has 0 spiro atoms. The molecule has 1 aliphatic heterocycles. The third-order valence-electron chi connectivity index (χ3n) is 3.29. The van der Waals surface area contributed by atoms with Crippen LogP contribution in [-0.2, 0) is 4.79 Å². The maximum absolute atomic E-state index is 13.6. The minimum Gasteiger partial charge on any atom is -0.351 e. The van der Waals surface area contributed by atoms with Gasteiger partial charge in [-0.3, -0.25) is 4.79 Å². The Morgan fingerprint density at radius 2 is 1.90 bits per heavy atom. The van der Waals surface area contributed by atoms with E-state index in [2.05, 4.69) is 4.98 Å². The second kappa shape index (κ2) is 6.28. The van der Waals surface area contributed by atoms with E-state index in [-0.39, 0.29) is 18.9 Å². The number of hydrogen-bond acceptors (Lipinski definition) is 3. The molecule has 2 rings (SSSR count). The quantitative estimate of drug-likeness (QED) is 0.803. The van der Waals surface area contributed by atoms with Gasteiger partial charge in [0.1, 0.15) is 0 Å². The Kier molecular flexibility index (Phi) is 4.64. The van der Waals surface area contributed by atoms with Gasteiger partial charge in [0, 0.05) is 38.8 Å². The molecule has 21 heavy (non-hydrogen) atoms. The van der Waals surface area contributed by atoms with Gasteiger partial charge in [-0.2, -0.15) is 13.2 Å². The number of pyridine rings is 1. The van der Waals surface area contributed by atoms with E-state index in [1.807, 2.05) is 0 Å². The summed E-state index contributed by atoms with van der Waals surface area (Å²) in [6.07, 6.45) is -4.50. The van der Waals surface area contributed by atoms with E-state index in [0.29, 0.717) is 13.1 Å². The Bertz CT molecular complexity index is 498. The predicted octanol–water partition coefficient (Wildman–Crippen LogP) is 2.21. The second-order valence-electron chi connectivity index (χ2n) is 4.79. The van der Waals surface area contributed by atoms with Crippen molar-refractivity contribution in [2.45, 2.75) is 19.0 Å². The Morgan fingerprint density at radius 1 is 1.24 bits per heavy atom. The van der Waals surface area contributed by atoms with Crippen LogP contribution >= 0.6 is 0 Å². The minimum absolute atomic E-state index is 0.208. The van der Waals surface area contributed by atoms with Crippen LogP contribution < -0.4 is 4.90 Å². The minimum atomic E-state index is -4.32. The molecule has 1 saturated heterocycles. The number of nitrogens with zero attached hydrogens (tertiary/aromatic N) is 3. The van der Waals surface area contributed by atoms with Crippen LogP contribution in [0.3, 0.4) is 0 Å². The number of amides is 1. The zero-order valence-electron chi connectivity index (χ0n) is 11.2. The Hall–Kier alpha value is -1.86. The zero-order chi connectivity index (χ0) is 15.5. The van der Waals surface area contributed by atoms with E-state index < -0.39 is 30.7 Å². The summed E-state index contributed by atoms with van der Waals surface area (Å²) < 4.78 is 49.8. The molecular weight excluding hydrogens is 290 g/mol. The van der Waals surface area contributed by atoms with E-state index >= 15 is 0 Å². The van der Waals surface area contributed by atoms with Gasteiger partial charge in [0.15, 0.2) is 11.6 Å². The van der Waals surface area contributed by atoms with Gasteiger partial charge in [-0.15, -0.1) is 0 Å². The molecule has 0 aliphatic carbocycles. The van der Waals surface area contributed by atoms with Crippen LogP contribution in [0.1, 0.15) is 12.8 Å². The first-order valence-corrected chi connectivity index (χ1v) is 6.57. The maximum Gasteiger partial charge on any atom is 0.389 e. The summed E-state index contributed by atoms with van der Waals surface area (Å²) in [5.74, 6) is -0.761. The van der Waals surface area contributed by atoms with Crippen molar-refractivity contribution >= 4 is 11.7 Å². The van der Waals surface area contributed by atoms with Crippen LogP contribution in [0.2, 0.25) is 0 Å². The van der Waals surface area contributed by atoms with Crippen molar-refractivity contribution in [3.05, 3.63) is 24.1 Å². The lowest BCUT2D eigenvalue weighted by molar-refractivity contribution is -0.149. The van der Waals surface area contributed by atoms with E-state index in [0.717, 1.165) is 0 Å². The molecular formula is C13H15F4N3O. The number of alkyl halides is 3. The molecule has 0 unspecified atom stereocenters. The molecule has 1 aliphatic rings. The fraction of sp³-hybridized carbons (Fsp3) is 0.538. The summed E-state index contributed by atoms with van der Waals surface area (Å²) >= 11 is 0. The highest BCUT2D eigenvalue weighted by Gasteiger charge is 2.30. The maximum atomic E-state index is 13.6. The van der Waals surface area contributed by atoms with E-state index in [9.17, 15) is 22.4 Å². The lowest BCUT2D eigenvalue weighted by Crippen LogP contribution is -2.49. The van der Waals surface area contributed by atoms with Crippen molar-refractivity contribution in [1.82, 2.24) is 9.88 Å². The molecule has 8 heteroatoms.